The molecule has 2 amide bonds. The Hall–Kier alpha value is -4.01. The van der Waals surface area contributed by atoms with Crippen molar-refractivity contribution in [3.8, 4) is 11.3 Å². The van der Waals surface area contributed by atoms with Crippen LogP contribution in [0.4, 0.5) is 5.69 Å². The van der Waals surface area contributed by atoms with Gasteiger partial charge in [0.15, 0.2) is 5.69 Å². The molecule has 0 atom stereocenters. The number of primary amides is 1. The standard InChI is InChI=1S/C22H23N7O2/c1-5-29-11-18(20(27-29)21(23)30)25-22(31)15-10-17(19-12(2)26-28(4)13(19)3)24-16-9-7-6-8-14(15)16/h6-11H,5H2,1-4H3,(H2,23,30)(H,25,31). The van der Waals surface area contributed by atoms with Crippen molar-refractivity contribution < 1.29 is 9.59 Å². The molecule has 3 heterocycles. The first kappa shape index (κ1) is 20.3. The molecule has 4 aromatic rings. The third kappa shape index (κ3) is 3.54. The van der Waals surface area contributed by atoms with Crippen molar-refractivity contribution in [1.29, 1.82) is 0 Å². The Balaban J connectivity index is 1.85. The minimum absolute atomic E-state index is 0.0210. The molecule has 1 aromatic carbocycles. The molecule has 9 nitrogen and oxygen atoms in total. The number of nitrogens with two attached hydrogens (primary N) is 1. The average Bonchev–Trinajstić information content (AvgIpc) is 3.27. The Morgan fingerprint density at radius 2 is 1.90 bits per heavy atom. The summed E-state index contributed by atoms with van der Waals surface area (Å²) in [6, 6.07) is 9.18. The second-order valence-electron chi connectivity index (χ2n) is 7.31. The van der Waals surface area contributed by atoms with Crippen LogP contribution in [0, 0.1) is 13.8 Å². The van der Waals surface area contributed by atoms with Gasteiger partial charge in [-0.3, -0.25) is 19.0 Å². The first-order valence-corrected chi connectivity index (χ1v) is 9.89. The lowest BCUT2D eigenvalue weighted by Gasteiger charge is -2.11. The average molecular weight is 417 g/mol. The highest BCUT2D eigenvalue weighted by molar-refractivity contribution is 6.14. The van der Waals surface area contributed by atoms with Crippen LogP contribution in [-0.4, -0.2) is 36.4 Å². The summed E-state index contributed by atoms with van der Waals surface area (Å²) >= 11 is 0. The van der Waals surface area contributed by atoms with Crippen molar-refractivity contribution in [2.75, 3.05) is 5.32 Å². The summed E-state index contributed by atoms with van der Waals surface area (Å²) in [5.74, 6) is -1.08. The second kappa shape index (κ2) is 7.67. The van der Waals surface area contributed by atoms with Gasteiger partial charge in [0.1, 0.15) is 0 Å². The van der Waals surface area contributed by atoms with E-state index in [4.69, 9.17) is 10.7 Å². The molecule has 0 unspecified atom stereocenters. The Bertz CT molecular complexity index is 1330. The molecule has 0 aliphatic rings. The molecule has 4 rings (SSSR count). The van der Waals surface area contributed by atoms with Crippen LogP contribution < -0.4 is 11.1 Å². The summed E-state index contributed by atoms with van der Waals surface area (Å²) in [5.41, 5.74) is 10.2. The highest BCUT2D eigenvalue weighted by Crippen LogP contribution is 2.29. The minimum Gasteiger partial charge on any atom is -0.364 e. The maximum atomic E-state index is 13.3. The number of benzene rings is 1. The Labute approximate surface area is 178 Å². The number of carbonyl (C=O) groups is 2. The third-order valence-electron chi connectivity index (χ3n) is 5.29. The zero-order chi connectivity index (χ0) is 22.3. The van der Waals surface area contributed by atoms with Crippen molar-refractivity contribution in [2.24, 2.45) is 12.8 Å². The Morgan fingerprint density at radius 3 is 2.55 bits per heavy atom. The quantitative estimate of drug-likeness (QED) is 0.517. The molecule has 0 saturated carbocycles. The smallest absolute Gasteiger partial charge is 0.271 e. The van der Waals surface area contributed by atoms with E-state index >= 15 is 0 Å². The van der Waals surface area contributed by atoms with Crippen LogP contribution in [0.25, 0.3) is 22.2 Å². The van der Waals surface area contributed by atoms with E-state index in [2.05, 4.69) is 15.5 Å². The number of para-hydroxylation sites is 1. The van der Waals surface area contributed by atoms with Crippen molar-refractivity contribution in [3.63, 3.8) is 0 Å². The highest BCUT2D eigenvalue weighted by atomic mass is 16.2. The van der Waals surface area contributed by atoms with Crippen molar-refractivity contribution in [2.45, 2.75) is 27.3 Å². The normalized spacial score (nSPS) is 11.1. The molecule has 3 N–H and O–H groups in total. The molecule has 0 fully saturated rings. The number of aromatic nitrogens is 5. The van der Waals surface area contributed by atoms with E-state index in [1.807, 2.05) is 52.1 Å². The molecule has 0 bridgehead atoms. The van der Waals surface area contributed by atoms with Gasteiger partial charge in [-0.25, -0.2) is 4.98 Å². The van der Waals surface area contributed by atoms with E-state index < -0.39 is 5.91 Å². The van der Waals surface area contributed by atoms with Crippen molar-refractivity contribution in [3.05, 3.63) is 59.2 Å². The summed E-state index contributed by atoms with van der Waals surface area (Å²) in [4.78, 5) is 29.9. The topological polar surface area (TPSA) is 121 Å². The fourth-order valence-corrected chi connectivity index (χ4v) is 3.68. The maximum Gasteiger partial charge on any atom is 0.271 e. The molecule has 0 spiro atoms. The minimum atomic E-state index is -0.704. The van der Waals surface area contributed by atoms with E-state index in [0.717, 1.165) is 17.0 Å². The van der Waals surface area contributed by atoms with Crippen LogP contribution >= 0.6 is 0 Å². The van der Waals surface area contributed by atoms with Crippen LogP contribution in [-0.2, 0) is 13.6 Å². The van der Waals surface area contributed by atoms with Gasteiger partial charge in [-0.1, -0.05) is 18.2 Å². The summed E-state index contributed by atoms with van der Waals surface area (Å²) in [6.45, 7) is 6.30. The largest absolute Gasteiger partial charge is 0.364 e. The Morgan fingerprint density at radius 1 is 1.16 bits per heavy atom. The molecule has 158 valence electrons. The number of hydrogen-bond donors (Lipinski definition) is 2. The highest BCUT2D eigenvalue weighted by Gasteiger charge is 2.21. The Kier molecular flexibility index (Phi) is 5.02. The molecule has 31 heavy (non-hydrogen) atoms. The molecule has 3 aromatic heterocycles. The SMILES string of the molecule is CCn1cc(NC(=O)c2cc(-c3c(C)nn(C)c3C)nc3ccccc23)c(C(N)=O)n1. The van der Waals surface area contributed by atoms with Crippen LogP contribution in [0.3, 0.4) is 0 Å². The predicted molar refractivity (Wildman–Crippen MR) is 118 cm³/mol. The van der Waals surface area contributed by atoms with E-state index in [-0.39, 0.29) is 17.3 Å². The zero-order valence-corrected chi connectivity index (χ0v) is 17.8. The number of fused-ring (bicyclic) bond motifs is 1. The zero-order valence-electron chi connectivity index (χ0n) is 17.8. The van der Waals surface area contributed by atoms with Gasteiger partial charge in [0.25, 0.3) is 11.8 Å². The van der Waals surface area contributed by atoms with Gasteiger partial charge in [-0.2, -0.15) is 10.2 Å². The molecule has 0 radical (unpaired) electrons. The van der Waals surface area contributed by atoms with E-state index in [1.54, 1.807) is 21.6 Å². The van der Waals surface area contributed by atoms with E-state index in [1.165, 1.54) is 0 Å². The third-order valence-corrected chi connectivity index (χ3v) is 5.29. The first-order chi connectivity index (χ1) is 14.8. The van der Waals surface area contributed by atoms with Gasteiger partial charge >= 0.3 is 0 Å². The number of rotatable bonds is 5. The second-order valence-corrected chi connectivity index (χ2v) is 7.31. The fourth-order valence-electron chi connectivity index (χ4n) is 3.68. The molecule has 9 heteroatoms. The van der Waals surface area contributed by atoms with E-state index in [9.17, 15) is 9.59 Å². The summed E-state index contributed by atoms with van der Waals surface area (Å²) in [5, 5.41) is 12.1. The number of carbonyl (C=O) groups excluding carboxylic acids is 2. The monoisotopic (exact) mass is 417 g/mol. The lowest BCUT2D eigenvalue weighted by atomic mass is 10.0. The molecular formula is C22H23N7O2. The van der Waals surface area contributed by atoms with Crippen LogP contribution in [0.15, 0.2) is 36.5 Å². The molecule has 0 saturated heterocycles. The lowest BCUT2D eigenvalue weighted by Crippen LogP contribution is -2.18. The predicted octanol–water partition coefficient (Wildman–Crippen LogP) is 2.82. The summed E-state index contributed by atoms with van der Waals surface area (Å²) < 4.78 is 3.34. The summed E-state index contributed by atoms with van der Waals surface area (Å²) in [7, 11) is 1.87. The number of nitrogens with one attached hydrogen (secondary N) is 1. The van der Waals surface area contributed by atoms with Gasteiger partial charge in [0.2, 0.25) is 0 Å². The van der Waals surface area contributed by atoms with Crippen LogP contribution in [0.2, 0.25) is 0 Å². The van der Waals surface area contributed by atoms with Crippen molar-refractivity contribution >= 4 is 28.4 Å². The van der Waals surface area contributed by atoms with Gasteiger partial charge in [-0.05, 0) is 32.9 Å². The van der Waals surface area contributed by atoms with Gasteiger partial charge in [0.05, 0.1) is 28.2 Å². The fraction of sp³-hybridized carbons (Fsp3) is 0.227. The molecule has 0 aliphatic carbocycles. The number of pyridine rings is 1. The number of hydrogen-bond acceptors (Lipinski definition) is 5. The van der Waals surface area contributed by atoms with Gasteiger partial charge < -0.3 is 11.1 Å². The number of aryl methyl sites for hydroxylation is 3. The first-order valence-electron chi connectivity index (χ1n) is 9.89. The van der Waals surface area contributed by atoms with Crippen LogP contribution in [0.1, 0.15) is 39.2 Å². The van der Waals surface area contributed by atoms with Gasteiger partial charge in [0, 0.05) is 36.4 Å². The van der Waals surface area contributed by atoms with E-state index in [0.29, 0.717) is 28.7 Å². The maximum absolute atomic E-state index is 13.3. The summed E-state index contributed by atoms with van der Waals surface area (Å²) in [6.07, 6.45) is 1.59. The number of amides is 2. The van der Waals surface area contributed by atoms with Crippen LogP contribution in [0.5, 0.6) is 0 Å². The van der Waals surface area contributed by atoms with Crippen molar-refractivity contribution in [1.82, 2.24) is 24.5 Å². The molecular weight excluding hydrogens is 394 g/mol. The lowest BCUT2D eigenvalue weighted by molar-refractivity contribution is 0.0995. The number of anilines is 1. The van der Waals surface area contributed by atoms with Gasteiger partial charge in [-0.15, -0.1) is 0 Å². The number of nitrogens with zero attached hydrogens (tertiary/aromatic N) is 5. The molecule has 0 aliphatic heterocycles.